The second-order valence-corrected chi connectivity index (χ2v) is 7.51. The fraction of sp³-hybridized carbons (Fsp3) is 0.200. The van der Waals surface area contributed by atoms with E-state index in [2.05, 4.69) is 10.3 Å². The molecular formula is C20H18N2O4S2. The molecular weight excluding hydrogens is 396 g/mol. The Bertz CT molecular complexity index is 976. The van der Waals surface area contributed by atoms with Crippen LogP contribution in [0.4, 0.5) is 5.69 Å². The summed E-state index contributed by atoms with van der Waals surface area (Å²) in [5.74, 6) is 1.74. The van der Waals surface area contributed by atoms with Crippen LogP contribution in [0, 0.1) is 0 Å². The summed E-state index contributed by atoms with van der Waals surface area (Å²) in [5.41, 5.74) is 3.83. The Morgan fingerprint density at radius 3 is 2.82 bits per heavy atom. The maximum atomic E-state index is 12.8. The highest BCUT2D eigenvalue weighted by Gasteiger charge is 2.17. The lowest BCUT2D eigenvalue weighted by molar-refractivity contribution is 0.102. The largest absolute Gasteiger partial charge is 0.487 e. The van der Waals surface area contributed by atoms with Crippen molar-refractivity contribution in [3.63, 3.8) is 0 Å². The van der Waals surface area contributed by atoms with Crippen LogP contribution < -0.4 is 19.5 Å². The van der Waals surface area contributed by atoms with Crippen molar-refractivity contribution in [2.24, 2.45) is 0 Å². The number of nitrogens with one attached hydrogen (secondary N) is 1. The molecule has 1 N–H and O–H groups in total. The smallest absolute Gasteiger partial charge is 0.255 e. The third-order valence-electron chi connectivity index (χ3n) is 4.08. The first-order valence-electron chi connectivity index (χ1n) is 8.62. The topological polar surface area (TPSA) is 69.7 Å². The third kappa shape index (κ3) is 4.23. The predicted molar refractivity (Wildman–Crippen MR) is 110 cm³/mol. The predicted octanol–water partition coefficient (Wildman–Crippen LogP) is 4.47. The van der Waals surface area contributed by atoms with Gasteiger partial charge in [-0.15, -0.1) is 23.1 Å². The molecule has 8 heteroatoms. The molecule has 6 nitrogen and oxygen atoms in total. The number of aromatic nitrogens is 1. The highest BCUT2D eigenvalue weighted by atomic mass is 32.2. The van der Waals surface area contributed by atoms with Crippen molar-refractivity contribution in [3.05, 3.63) is 58.5 Å². The number of fused-ring (bicyclic) bond motifs is 1. The molecule has 0 radical (unpaired) electrons. The molecule has 2 aromatic carbocycles. The van der Waals surface area contributed by atoms with E-state index >= 15 is 0 Å². The normalized spacial score (nSPS) is 12.5. The monoisotopic (exact) mass is 414 g/mol. The molecule has 0 spiro atoms. The third-order valence-corrected chi connectivity index (χ3v) is 5.49. The minimum Gasteiger partial charge on any atom is -0.487 e. The molecule has 0 unspecified atom stereocenters. The van der Waals surface area contributed by atoms with E-state index in [4.69, 9.17) is 14.2 Å². The van der Waals surface area contributed by atoms with Crippen LogP contribution >= 0.6 is 23.1 Å². The molecule has 144 valence electrons. The van der Waals surface area contributed by atoms with E-state index in [9.17, 15) is 4.79 Å². The summed E-state index contributed by atoms with van der Waals surface area (Å²) in [5, 5.41) is 4.90. The van der Waals surface area contributed by atoms with E-state index in [-0.39, 0.29) is 5.91 Å². The van der Waals surface area contributed by atoms with Crippen molar-refractivity contribution in [2.75, 3.05) is 24.8 Å². The molecule has 4 rings (SSSR count). The van der Waals surface area contributed by atoms with E-state index in [1.807, 2.05) is 23.8 Å². The number of nitrogens with zero attached hydrogens (tertiary/aromatic N) is 1. The van der Waals surface area contributed by atoms with Crippen LogP contribution in [-0.4, -0.2) is 30.4 Å². The summed E-state index contributed by atoms with van der Waals surface area (Å²) in [6, 6.07) is 10.8. The van der Waals surface area contributed by atoms with E-state index in [1.54, 1.807) is 29.8 Å². The number of benzene rings is 2. The van der Waals surface area contributed by atoms with Crippen molar-refractivity contribution in [1.82, 2.24) is 4.98 Å². The second kappa shape index (κ2) is 8.53. The molecule has 0 atom stereocenters. The number of carbonyl (C=O) groups excluding carboxylic acids is 1. The quantitative estimate of drug-likeness (QED) is 0.600. The SMILES string of the molecule is CSc1cc2c(cc1NC(=O)c1cccc(OCc3cscn3)c1)OCCO2. The van der Waals surface area contributed by atoms with Gasteiger partial charge in [-0.1, -0.05) is 6.07 Å². The minimum absolute atomic E-state index is 0.217. The van der Waals surface area contributed by atoms with Crippen LogP contribution in [0.5, 0.6) is 17.2 Å². The van der Waals surface area contributed by atoms with Crippen LogP contribution in [0.1, 0.15) is 16.1 Å². The standard InChI is InChI=1S/C20H18N2O4S2/c1-27-19-9-18-17(24-5-6-25-18)8-16(19)22-20(23)13-3-2-4-15(7-13)26-10-14-11-28-12-21-14/h2-4,7-9,11-12H,5-6,10H2,1H3,(H,22,23). The van der Waals surface area contributed by atoms with Crippen LogP contribution in [0.2, 0.25) is 0 Å². The first kappa shape index (κ1) is 18.6. The lowest BCUT2D eigenvalue weighted by atomic mass is 10.2. The summed E-state index contributed by atoms with van der Waals surface area (Å²) >= 11 is 3.06. The van der Waals surface area contributed by atoms with Crippen LogP contribution in [0.15, 0.2) is 52.2 Å². The average Bonchev–Trinajstić information content (AvgIpc) is 3.25. The average molecular weight is 415 g/mol. The molecule has 1 aliphatic rings. The molecule has 0 aliphatic carbocycles. The van der Waals surface area contributed by atoms with Crippen molar-refractivity contribution >= 4 is 34.7 Å². The van der Waals surface area contributed by atoms with Gasteiger partial charge in [-0.3, -0.25) is 4.79 Å². The highest BCUT2D eigenvalue weighted by molar-refractivity contribution is 7.98. The first-order valence-corrected chi connectivity index (χ1v) is 10.8. The molecule has 28 heavy (non-hydrogen) atoms. The number of hydrogen-bond donors (Lipinski definition) is 1. The summed E-state index contributed by atoms with van der Waals surface area (Å²) in [6.45, 7) is 1.39. The number of ether oxygens (including phenoxy) is 3. The summed E-state index contributed by atoms with van der Waals surface area (Å²) in [7, 11) is 0. The second-order valence-electron chi connectivity index (χ2n) is 5.95. The highest BCUT2D eigenvalue weighted by Crippen LogP contribution is 2.39. The Morgan fingerprint density at radius 1 is 1.25 bits per heavy atom. The van der Waals surface area contributed by atoms with Crippen LogP contribution in [-0.2, 0) is 6.61 Å². The van der Waals surface area contributed by atoms with Crippen LogP contribution in [0.3, 0.4) is 0 Å². The van der Waals surface area contributed by atoms with E-state index in [1.165, 1.54) is 23.1 Å². The van der Waals surface area contributed by atoms with Gasteiger partial charge in [0.25, 0.3) is 5.91 Å². The van der Waals surface area contributed by atoms with Gasteiger partial charge in [-0.05, 0) is 30.5 Å². The van der Waals surface area contributed by atoms with Crippen molar-refractivity contribution in [2.45, 2.75) is 11.5 Å². The molecule has 3 aromatic rings. The van der Waals surface area contributed by atoms with Crippen molar-refractivity contribution in [1.29, 1.82) is 0 Å². The Morgan fingerprint density at radius 2 is 2.07 bits per heavy atom. The fourth-order valence-corrected chi connectivity index (χ4v) is 3.82. The Balaban J connectivity index is 1.50. The molecule has 0 bridgehead atoms. The zero-order valence-corrected chi connectivity index (χ0v) is 16.8. The number of hydrogen-bond acceptors (Lipinski definition) is 7. The number of thiazole rings is 1. The zero-order chi connectivity index (χ0) is 19.3. The number of thioether (sulfide) groups is 1. The maximum absolute atomic E-state index is 12.8. The van der Waals surface area contributed by atoms with E-state index in [0.717, 1.165) is 10.6 Å². The van der Waals surface area contributed by atoms with E-state index in [0.29, 0.717) is 48.3 Å². The lowest BCUT2D eigenvalue weighted by Gasteiger charge is -2.21. The van der Waals surface area contributed by atoms with Gasteiger partial charge in [0, 0.05) is 21.9 Å². The minimum atomic E-state index is -0.217. The van der Waals surface area contributed by atoms with Gasteiger partial charge in [0.05, 0.1) is 16.9 Å². The fourth-order valence-electron chi connectivity index (χ4n) is 2.72. The number of amides is 1. The lowest BCUT2D eigenvalue weighted by Crippen LogP contribution is -2.17. The van der Waals surface area contributed by atoms with Gasteiger partial charge in [-0.25, -0.2) is 4.98 Å². The molecule has 0 fully saturated rings. The van der Waals surface area contributed by atoms with Gasteiger partial charge in [0.1, 0.15) is 25.6 Å². The first-order chi connectivity index (χ1) is 13.7. The Labute approximate surface area is 170 Å². The number of carbonyl (C=O) groups is 1. The van der Waals surface area contributed by atoms with Gasteiger partial charge < -0.3 is 19.5 Å². The summed E-state index contributed by atoms with van der Waals surface area (Å²) in [4.78, 5) is 17.9. The van der Waals surface area contributed by atoms with E-state index < -0.39 is 0 Å². The molecule has 0 saturated carbocycles. The molecule has 1 amide bonds. The van der Waals surface area contributed by atoms with Crippen molar-refractivity contribution in [3.8, 4) is 17.2 Å². The Kier molecular flexibility index (Phi) is 5.68. The molecule has 0 saturated heterocycles. The number of rotatable bonds is 6. The maximum Gasteiger partial charge on any atom is 0.255 e. The van der Waals surface area contributed by atoms with Gasteiger partial charge in [-0.2, -0.15) is 0 Å². The van der Waals surface area contributed by atoms with Crippen LogP contribution in [0.25, 0.3) is 0 Å². The molecule has 2 heterocycles. The summed E-state index contributed by atoms with van der Waals surface area (Å²) < 4.78 is 17.0. The summed E-state index contributed by atoms with van der Waals surface area (Å²) in [6.07, 6.45) is 1.95. The van der Waals surface area contributed by atoms with Crippen molar-refractivity contribution < 1.29 is 19.0 Å². The van der Waals surface area contributed by atoms with Gasteiger partial charge in [0.2, 0.25) is 0 Å². The zero-order valence-electron chi connectivity index (χ0n) is 15.1. The Hall–Kier alpha value is -2.71. The van der Waals surface area contributed by atoms with Gasteiger partial charge in [0.15, 0.2) is 11.5 Å². The number of anilines is 1. The molecule has 1 aromatic heterocycles. The molecule has 1 aliphatic heterocycles. The van der Waals surface area contributed by atoms with Gasteiger partial charge >= 0.3 is 0 Å².